The second kappa shape index (κ2) is 12.2. The third kappa shape index (κ3) is 7.06. The van der Waals surface area contributed by atoms with Gasteiger partial charge in [0, 0.05) is 31.7 Å². The minimum atomic E-state index is -0.718. The Morgan fingerprint density at radius 1 is 1.20 bits per heavy atom. The lowest BCUT2D eigenvalue weighted by atomic mass is 9.97. The first kappa shape index (κ1) is 29.0. The minimum absolute atomic E-state index is 0.0561. The van der Waals surface area contributed by atoms with Crippen molar-refractivity contribution in [3.05, 3.63) is 71.3 Å². The monoisotopic (exact) mass is 585 g/mol. The maximum Gasteiger partial charge on any atom is 0.433 e. The summed E-state index contributed by atoms with van der Waals surface area (Å²) in [6.07, 6.45) is 0.472. The van der Waals surface area contributed by atoms with E-state index in [-0.39, 0.29) is 24.3 Å². The van der Waals surface area contributed by atoms with Gasteiger partial charge in [0.15, 0.2) is 5.50 Å². The largest absolute Gasteiger partial charge is 0.443 e. The lowest BCUT2D eigenvalue weighted by Gasteiger charge is -2.27. The molecular formula is C29H33F2N5O4S. The summed E-state index contributed by atoms with van der Waals surface area (Å²) in [5.74, 6) is -1.44. The first-order chi connectivity index (χ1) is 19.6. The first-order valence-corrected chi connectivity index (χ1v) is 14.4. The van der Waals surface area contributed by atoms with Crippen LogP contribution in [0.3, 0.4) is 0 Å². The van der Waals surface area contributed by atoms with E-state index in [4.69, 9.17) is 9.47 Å². The summed E-state index contributed by atoms with van der Waals surface area (Å²) < 4.78 is 41.3. The molecular weight excluding hydrogens is 552 g/mol. The second-order valence-corrected chi connectivity index (χ2v) is 12.0. The Hall–Kier alpha value is -3.48. The van der Waals surface area contributed by atoms with Crippen LogP contribution in [-0.2, 0) is 16.0 Å². The standard InChI is InChI=1S/C29H33F2N5O4S/c1-29(2,3)40-28(38)36-26(41-18-33-36)32-15-22-17-35(27(37)39-22)21-13-23(30)25(24(31)14-21)20-9-11-34(12-10-20)16-19-7-5-4-6-8-19/h4-9,13-14,18,22,26,32H,10-12,15-17H2,1-3H3/t22-,26?/m1/s1. The van der Waals surface area contributed by atoms with Gasteiger partial charge in [0.2, 0.25) is 0 Å². The van der Waals surface area contributed by atoms with Crippen LogP contribution in [-0.4, -0.2) is 71.0 Å². The quantitative estimate of drug-likeness (QED) is 0.467. The molecule has 0 aromatic heterocycles. The molecule has 2 aromatic rings. The number of halogens is 2. The van der Waals surface area contributed by atoms with Crippen LogP contribution in [0.1, 0.15) is 38.3 Å². The first-order valence-electron chi connectivity index (χ1n) is 13.4. The van der Waals surface area contributed by atoms with Gasteiger partial charge in [-0.15, -0.1) is 0 Å². The Balaban J connectivity index is 1.19. The molecule has 3 aliphatic rings. The van der Waals surface area contributed by atoms with Crippen molar-refractivity contribution in [1.29, 1.82) is 0 Å². The van der Waals surface area contributed by atoms with E-state index >= 15 is 8.78 Å². The zero-order chi connectivity index (χ0) is 29.1. The number of amides is 2. The van der Waals surface area contributed by atoms with Crippen LogP contribution in [0.15, 0.2) is 53.6 Å². The number of cyclic esters (lactones) is 1. The molecule has 12 heteroatoms. The van der Waals surface area contributed by atoms with Gasteiger partial charge < -0.3 is 9.47 Å². The van der Waals surface area contributed by atoms with Crippen LogP contribution < -0.4 is 10.2 Å². The molecule has 0 aliphatic carbocycles. The predicted octanol–water partition coefficient (Wildman–Crippen LogP) is 5.38. The van der Waals surface area contributed by atoms with Crippen molar-refractivity contribution < 1.29 is 27.8 Å². The summed E-state index contributed by atoms with van der Waals surface area (Å²) in [5.41, 5.74) is 2.14. The van der Waals surface area contributed by atoms with Gasteiger partial charge in [0.25, 0.3) is 0 Å². The summed E-state index contributed by atoms with van der Waals surface area (Å²) in [7, 11) is 0. The van der Waals surface area contributed by atoms with Gasteiger partial charge in [0.05, 0.1) is 17.8 Å². The average molecular weight is 586 g/mol. The highest BCUT2D eigenvalue weighted by molar-refractivity contribution is 8.12. The van der Waals surface area contributed by atoms with Gasteiger partial charge in [-0.1, -0.05) is 48.2 Å². The van der Waals surface area contributed by atoms with E-state index in [0.717, 1.165) is 6.54 Å². The molecule has 1 saturated heterocycles. The van der Waals surface area contributed by atoms with Gasteiger partial charge in [-0.05, 0) is 50.5 Å². The molecule has 1 fully saturated rings. The Morgan fingerprint density at radius 3 is 2.59 bits per heavy atom. The van der Waals surface area contributed by atoms with Crippen LogP contribution in [0.4, 0.5) is 24.1 Å². The third-order valence-corrected chi connectivity index (χ3v) is 7.60. The molecule has 9 nitrogen and oxygen atoms in total. The van der Waals surface area contributed by atoms with Crippen LogP contribution >= 0.6 is 11.8 Å². The number of ether oxygens (including phenoxy) is 2. The predicted molar refractivity (Wildman–Crippen MR) is 154 cm³/mol. The van der Waals surface area contributed by atoms with Gasteiger partial charge >= 0.3 is 12.2 Å². The van der Waals surface area contributed by atoms with Crippen molar-refractivity contribution in [2.24, 2.45) is 5.10 Å². The van der Waals surface area contributed by atoms with Gasteiger partial charge in [-0.2, -0.15) is 10.1 Å². The highest BCUT2D eigenvalue weighted by atomic mass is 32.2. The molecule has 0 spiro atoms. The van der Waals surface area contributed by atoms with Crippen LogP contribution in [0.2, 0.25) is 0 Å². The van der Waals surface area contributed by atoms with Crippen LogP contribution in [0.25, 0.3) is 5.57 Å². The fourth-order valence-electron chi connectivity index (χ4n) is 4.86. The topological polar surface area (TPSA) is 86.7 Å². The smallest absolute Gasteiger partial charge is 0.433 e. The molecule has 1 unspecified atom stereocenters. The zero-order valence-corrected chi connectivity index (χ0v) is 24.0. The highest BCUT2D eigenvalue weighted by Gasteiger charge is 2.36. The van der Waals surface area contributed by atoms with E-state index in [2.05, 4.69) is 27.5 Å². The fourth-order valence-corrected chi connectivity index (χ4v) is 5.58. The van der Waals surface area contributed by atoms with Gasteiger partial charge in [-0.25, -0.2) is 18.4 Å². The number of hydrogen-bond acceptors (Lipinski definition) is 8. The molecule has 5 rings (SSSR count). The van der Waals surface area contributed by atoms with E-state index in [9.17, 15) is 9.59 Å². The van der Waals surface area contributed by atoms with Crippen molar-refractivity contribution >= 4 is 40.8 Å². The Morgan fingerprint density at radius 2 is 1.93 bits per heavy atom. The Kier molecular flexibility index (Phi) is 8.62. The maximum atomic E-state index is 15.3. The second-order valence-electron chi connectivity index (χ2n) is 11.0. The minimum Gasteiger partial charge on any atom is -0.443 e. The summed E-state index contributed by atoms with van der Waals surface area (Å²) in [4.78, 5) is 28.5. The molecule has 0 bridgehead atoms. The van der Waals surface area contributed by atoms with Crippen molar-refractivity contribution in [1.82, 2.24) is 15.2 Å². The van der Waals surface area contributed by atoms with Crippen molar-refractivity contribution in [2.45, 2.75) is 50.9 Å². The van der Waals surface area contributed by atoms with Crippen LogP contribution in [0, 0.1) is 11.6 Å². The molecule has 3 heterocycles. The van der Waals surface area contributed by atoms with E-state index in [1.54, 1.807) is 20.8 Å². The molecule has 2 atom stereocenters. The molecule has 41 heavy (non-hydrogen) atoms. The summed E-state index contributed by atoms with van der Waals surface area (Å²) >= 11 is 1.27. The number of nitrogens with one attached hydrogen (secondary N) is 1. The highest BCUT2D eigenvalue weighted by Crippen LogP contribution is 2.32. The lowest BCUT2D eigenvalue weighted by Crippen LogP contribution is -2.46. The lowest BCUT2D eigenvalue weighted by molar-refractivity contribution is 0.0213. The number of carbonyl (C=O) groups is 2. The van der Waals surface area contributed by atoms with E-state index in [1.165, 1.54) is 44.9 Å². The van der Waals surface area contributed by atoms with Gasteiger partial charge in [-0.3, -0.25) is 15.1 Å². The normalized spacial score (nSPS) is 21.3. The maximum absolute atomic E-state index is 15.3. The van der Waals surface area contributed by atoms with E-state index in [0.29, 0.717) is 25.1 Å². The molecule has 2 aromatic carbocycles. The van der Waals surface area contributed by atoms with E-state index in [1.807, 2.05) is 24.3 Å². The SMILES string of the molecule is CC(C)(C)OC(=O)N1N=CSC1NC[C@@H]1CN(c2cc(F)c(C3=CCN(Cc4ccccc4)CC3)c(F)c2)C(=O)O1. The van der Waals surface area contributed by atoms with Crippen LogP contribution in [0.5, 0.6) is 0 Å². The Labute approximate surface area is 242 Å². The number of hydrogen-bond donors (Lipinski definition) is 1. The molecule has 2 amide bonds. The molecule has 0 saturated carbocycles. The molecule has 1 N–H and O–H groups in total. The Bertz CT molecular complexity index is 1330. The number of anilines is 1. The van der Waals surface area contributed by atoms with Gasteiger partial charge in [0.1, 0.15) is 23.3 Å². The number of nitrogens with zero attached hydrogens (tertiary/aromatic N) is 4. The van der Waals surface area contributed by atoms with E-state index < -0.39 is 41.0 Å². The summed E-state index contributed by atoms with van der Waals surface area (Å²) in [6.45, 7) is 7.61. The number of rotatable bonds is 7. The third-order valence-electron chi connectivity index (χ3n) is 6.76. The summed E-state index contributed by atoms with van der Waals surface area (Å²) in [5, 5.41) is 8.34. The van der Waals surface area contributed by atoms with Crippen molar-refractivity contribution in [3.63, 3.8) is 0 Å². The molecule has 218 valence electrons. The van der Waals surface area contributed by atoms with Crippen molar-refractivity contribution in [3.8, 4) is 0 Å². The molecule has 0 radical (unpaired) electrons. The van der Waals surface area contributed by atoms with Crippen molar-refractivity contribution in [2.75, 3.05) is 31.1 Å². The zero-order valence-electron chi connectivity index (χ0n) is 23.2. The summed E-state index contributed by atoms with van der Waals surface area (Å²) in [6, 6.07) is 12.4. The molecule has 3 aliphatic heterocycles. The number of hydrazone groups is 1. The number of benzene rings is 2. The fraction of sp³-hybridized carbons (Fsp3) is 0.414. The number of carbonyl (C=O) groups excluding carboxylic acids is 2. The average Bonchev–Trinajstić information content (AvgIpc) is 3.54. The number of thioether (sulfide) groups is 1.